The first-order valence-corrected chi connectivity index (χ1v) is 6.87. The van der Waals surface area contributed by atoms with Gasteiger partial charge in [-0.1, -0.05) is 49.7 Å². The fourth-order valence-electron chi connectivity index (χ4n) is 2.19. The van der Waals surface area contributed by atoms with Crippen molar-refractivity contribution in [3.05, 3.63) is 53.6 Å². The Morgan fingerprint density at radius 1 is 1.10 bits per heavy atom. The molecule has 0 radical (unpaired) electrons. The number of carbonyl (C=O) groups is 1. The topological polar surface area (TPSA) is 26.3 Å². The fourth-order valence-corrected chi connectivity index (χ4v) is 2.19. The summed E-state index contributed by atoms with van der Waals surface area (Å²) >= 11 is 0. The molecule has 20 heavy (non-hydrogen) atoms. The van der Waals surface area contributed by atoms with Crippen LogP contribution in [0.15, 0.2) is 42.5 Å². The molecule has 104 valence electrons. The maximum atomic E-state index is 11.3. The minimum atomic E-state index is -0.295. The van der Waals surface area contributed by atoms with Crippen LogP contribution in [0.3, 0.4) is 0 Å². The van der Waals surface area contributed by atoms with Crippen LogP contribution in [-0.4, -0.2) is 5.97 Å². The van der Waals surface area contributed by atoms with Crippen LogP contribution in [0.4, 0.5) is 0 Å². The van der Waals surface area contributed by atoms with Gasteiger partial charge in [-0.15, -0.1) is 0 Å². The van der Waals surface area contributed by atoms with Crippen LogP contribution in [0.1, 0.15) is 37.8 Å². The monoisotopic (exact) mass is 268 g/mol. The van der Waals surface area contributed by atoms with Crippen molar-refractivity contribution >= 4 is 5.97 Å². The maximum absolute atomic E-state index is 11.3. The van der Waals surface area contributed by atoms with Gasteiger partial charge in [0.15, 0.2) is 0 Å². The zero-order valence-electron chi connectivity index (χ0n) is 12.4. The maximum Gasteiger partial charge on any atom is 0.308 e. The molecule has 0 atom stereocenters. The summed E-state index contributed by atoms with van der Waals surface area (Å²) in [7, 11) is 0. The molecule has 0 bridgehead atoms. The van der Waals surface area contributed by atoms with E-state index in [0.717, 1.165) is 11.1 Å². The van der Waals surface area contributed by atoms with Crippen LogP contribution >= 0.6 is 0 Å². The van der Waals surface area contributed by atoms with E-state index in [1.54, 1.807) is 0 Å². The minimum absolute atomic E-state index is 0.295. The average Bonchev–Trinajstić information content (AvgIpc) is 2.38. The number of rotatable bonds is 3. The Hall–Kier alpha value is -2.09. The largest absolute Gasteiger partial charge is 0.426 e. The molecule has 2 heteroatoms. The second-order valence-corrected chi connectivity index (χ2v) is 5.37. The number of hydrogen-bond donors (Lipinski definition) is 0. The van der Waals surface area contributed by atoms with Crippen molar-refractivity contribution in [1.82, 2.24) is 0 Å². The van der Waals surface area contributed by atoms with Crippen molar-refractivity contribution in [3.8, 4) is 16.9 Å². The Morgan fingerprint density at radius 3 is 2.45 bits per heavy atom. The van der Waals surface area contributed by atoms with Gasteiger partial charge < -0.3 is 4.74 Å². The normalized spacial score (nSPS) is 10.7. The van der Waals surface area contributed by atoms with Crippen LogP contribution in [-0.2, 0) is 4.79 Å². The molecule has 0 saturated heterocycles. The summed E-state index contributed by atoms with van der Waals surface area (Å²) in [4.78, 5) is 11.3. The molecular weight excluding hydrogens is 248 g/mol. The fraction of sp³-hybridized carbons (Fsp3) is 0.278. The summed E-state index contributed by atoms with van der Waals surface area (Å²) in [6, 6.07) is 14.2. The third-order valence-corrected chi connectivity index (χ3v) is 3.25. The predicted molar refractivity (Wildman–Crippen MR) is 82.0 cm³/mol. The highest BCUT2D eigenvalue weighted by molar-refractivity contribution is 5.77. The second kappa shape index (κ2) is 5.91. The van der Waals surface area contributed by atoms with Crippen LogP contribution in [0.5, 0.6) is 5.75 Å². The lowest BCUT2D eigenvalue weighted by Gasteiger charge is -2.13. The van der Waals surface area contributed by atoms with Crippen molar-refractivity contribution in [2.75, 3.05) is 0 Å². The smallest absolute Gasteiger partial charge is 0.308 e. The van der Waals surface area contributed by atoms with Crippen molar-refractivity contribution < 1.29 is 9.53 Å². The zero-order chi connectivity index (χ0) is 14.7. The third-order valence-electron chi connectivity index (χ3n) is 3.25. The molecule has 0 unspecified atom stereocenters. The molecular formula is C18H20O2. The quantitative estimate of drug-likeness (QED) is 0.595. The Labute approximate surface area is 120 Å². The highest BCUT2D eigenvalue weighted by Gasteiger charge is 2.11. The number of esters is 1. The summed E-state index contributed by atoms with van der Waals surface area (Å²) in [5.41, 5.74) is 4.46. The first-order valence-electron chi connectivity index (χ1n) is 6.87. The van der Waals surface area contributed by atoms with Gasteiger partial charge in [0, 0.05) is 12.5 Å². The van der Waals surface area contributed by atoms with Gasteiger partial charge >= 0.3 is 5.97 Å². The van der Waals surface area contributed by atoms with Crippen molar-refractivity contribution in [3.63, 3.8) is 0 Å². The van der Waals surface area contributed by atoms with E-state index >= 15 is 0 Å². The summed E-state index contributed by atoms with van der Waals surface area (Å²) in [5.74, 6) is 0.758. The van der Waals surface area contributed by atoms with E-state index < -0.39 is 0 Å². The molecule has 0 spiro atoms. The molecule has 0 N–H and O–H groups in total. The summed E-state index contributed by atoms with van der Waals surface area (Å²) in [5, 5.41) is 0. The first kappa shape index (κ1) is 14.3. The molecule has 0 heterocycles. The van der Waals surface area contributed by atoms with E-state index in [4.69, 9.17) is 4.74 Å². The van der Waals surface area contributed by atoms with Crippen molar-refractivity contribution in [2.24, 2.45) is 0 Å². The van der Waals surface area contributed by atoms with Crippen molar-refractivity contribution in [1.29, 1.82) is 0 Å². The number of aryl methyl sites for hydroxylation is 1. The van der Waals surface area contributed by atoms with Crippen LogP contribution in [0, 0.1) is 6.92 Å². The Bertz CT molecular complexity index is 627. The van der Waals surface area contributed by atoms with Gasteiger partial charge in [-0.25, -0.2) is 0 Å². The number of hydrogen-bond acceptors (Lipinski definition) is 2. The second-order valence-electron chi connectivity index (χ2n) is 5.37. The van der Waals surface area contributed by atoms with Gasteiger partial charge in [0.25, 0.3) is 0 Å². The average molecular weight is 268 g/mol. The predicted octanol–water partition coefficient (Wildman–Crippen LogP) is 4.71. The molecule has 0 saturated carbocycles. The number of carbonyl (C=O) groups excluding carboxylic acids is 1. The van der Waals surface area contributed by atoms with E-state index in [1.165, 1.54) is 18.1 Å². The van der Waals surface area contributed by atoms with E-state index in [1.807, 2.05) is 24.3 Å². The molecule has 2 aromatic rings. The molecule has 0 aromatic heterocycles. The zero-order valence-corrected chi connectivity index (χ0v) is 12.4. The molecule has 0 amide bonds. The summed E-state index contributed by atoms with van der Waals surface area (Å²) < 4.78 is 5.34. The lowest BCUT2D eigenvalue weighted by atomic mass is 9.96. The van der Waals surface area contributed by atoms with Gasteiger partial charge in [0.05, 0.1) is 0 Å². The van der Waals surface area contributed by atoms with Crippen molar-refractivity contribution in [2.45, 2.75) is 33.6 Å². The summed E-state index contributed by atoms with van der Waals surface area (Å²) in [6.45, 7) is 7.79. The highest BCUT2D eigenvalue weighted by atomic mass is 16.5. The molecule has 0 aliphatic rings. The summed E-state index contributed by atoms with van der Waals surface area (Å²) in [6.07, 6.45) is 0. The SMILES string of the molecule is CC(=O)Oc1ccc(C(C)C)cc1-c1cccc(C)c1. The standard InChI is InChI=1S/C18H20O2/c1-12(2)15-8-9-18(20-14(4)19)17(11-15)16-7-5-6-13(3)10-16/h5-12H,1-4H3. The molecule has 0 aliphatic carbocycles. The molecule has 0 aliphatic heterocycles. The molecule has 2 nitrogen and oxygen atoms in total. The Morgan fingerprint density at radius 2 is 1.85 bits per heavy atom. The first-order chi connectivity index (χ1) is 9.47. The van der Waals surface area contributed by atoms with Gasteiger partial charge in [-0.3, -0.25) is 4.79 Å². The lowest BCUT2D eigenvalue weighted by molar-refractivity contribution is -0.131. The van der Waals surface area contributed by atoms with E-state index in [0.29, 0.717) is 11.7 Å². The van der Waals surface area contributed by atoms with Crippen LogP contribution in [0.25, 0.3) is 11.1 Å². The number of benzene rings is 2. The van der Waals surface area contributed by atoms with Gasteiger partial charge in [0.1, 0.15) is 5.75 Å². The lowest BCUT2D eigenvalue weighted by Crippen LogP contribution is -2.03. The van der Waals surface area contributed by atoms with Gasteiger partial charge in [-0.2, -0.15) is 0 Å². The highest BCUT2D eigenvalue weighted by Crippen LogP contribution is 2.33. The van der Waals surface area contributed by atoms with Crippen LogP contribution < -0.4 is 4.74 Å². The molecule has 0 fully saturated rings. The number of ether oxygens (including phenoxy) is 1. The minimum Gasteiger partial charge on any atom is -0.426 e. The van der Waals surface area contributed by atoms with E-state index in [2.05, 4.69) is 39.0 Å². The molecule has 2 rings (SSSR count). The Kier molecular flexibility index (Phi) is 4.23. The van der Waals surface area contributed by atoms with E-state index in [-0.39, 0.29) is 5.97 Å². The third kappa shape index (κ3) is 3.27. The Balaban J connectivity index is 2.56. The molecule has 2 aromatic carbocycles. The van der Waals surface area contributed by atoms with E-state index in [9.17, 15) is 4.79 Å². The van der Waals surface area contributed by atoms with Gasteiger partial charge in [-0.05, 0) is 36.1 Å². The van der Waals surface area contributed by atoms with Gasteiger partial charge in [0.2, 0.25) is 0 Å². The van der Waals surface area contributed by atoms with Crippen LogP contribution in [0.2, 0.25) is 0 Å².